The third kappa shape index (κ3) is 5.30. The van der Waals surface area contributed by atoms with Gasteiger partial charge in [0.25, 0.3) is 0 Å². The number of ether oxygens (including phenoxy) is 2. The second-order valence-corrected chi connectivity index (χ2v) is 8.27. The molecular weight excluding hydrogens is 374 g/mol. The van der Waals surface area contributed by atoms with E-state index in [1.807, 2.05) is 48.5 Å². The Morgan fingerprint density at radius 1 is 1.10 bits per heavy atom. The molecule has 0 saturated carbocycles. The summed E-state index contributed by atoms with van der Waals surface area (Å²) in [6, 6.07) is 14.0. The van der Waals surface area contributed by atoms with Gasteiger partial charge in [-0.25, -0.2) is 0 Å². The average molecular weight is 410 g/mol. The van der Waals surface area contributed by atoms with Gasteiger partial charge >= 0.3 is 0 Å². The maximum atomic E-state index is 13.5. The Bertz CT molecular complexity index is 864. The van der Waals surface area contributed by atoms with Crippen molar-refractivity contribution in [1.82, 2.24) is 4.90 Å². The standard InChI is InChI=1S/C26H35NO3/c1-4-5-6-9-15-26(2,29-3)25(27-16-18-30-19-17-27)20-24(28)23-14-10-12-21-11-7-8-13-22(21)23/h7-8,10-14,20H,4-6,9,15-19H2,1-3H3/b25-20-. The molecule has 1 heterocycles. The molecule has 1 aliphatic heterocycles. The molecule has 2 aromatic rings. The molecule has 1 aliphatic rings. The van der Waals surface area contributed by atoms with E-state index in [0.717, 1.165) is 48.0 Å². The lowest BCUT2D eigenvalue weighted by Crippen LogP contribution is -2.45. The molecule has 4 nitrogen and oxygen atoms in total. The highest BCUT2D eigenvalue weighted by atomic mass is 16.5. The van der Waals surface area contributed by atoms with Crippen LogP contribution in [0.1, 0.15) is 56.3 Å². The number of unbranched alkanes of at least 4 members (excludes halogenated alkanes) is 3. The van der Waals surface area contributed by atoms with E-state index in [4.69, 9.17) is 9.47 Å². The van der Waals surface area contributed by atoms with Crippen LogP contribution in [-0.4, -0.2) is 49.7 Å². The number of ketones is 1. The van der Waals surface area contributed by atoms with Crippen LogP contribution in [0.2, 0.25) is 0 Å². The number of nitrogens with zero attached hydrogens (tertiary/aromatic N) is 1. The maximum absolute atomic E-state index is 13.5. The van der Waals surface area contributed by atoms with Gasteiger partial charge in [0.15, 0.2) is 5.78 Å². The number of hydrogen-bond acceptors (Lipinski definition) is 4. The molecule has 162 valence electrons. The molecule has 0 aromatic heterocycles. The van der Waals surface area contributed by atoms with E-state index in [1.54, 1.807) is 7.11 Å². The van der Waals surface area contributed by atoms with E-state index in [-0.39, 0.29) is 5.78 Å². The van der Waals surface area contributed by atoms with E-state index in [9.17, 15) is 4.79 Å². The summed E-state index contributed by atoms with van der Waals surface area (Å²) in [7, 11) is 1.76. The number of morpholine rings is 1. The van der Waals surface area contributed by atoms with E-state index < -0.39 is 5.60 Å². The number of fused-ring (bicyclic) bond motifs is 1. The Balaban J connectivity index is 1.95. The zero-order valence-corrected chi connectivity index (χ0v) is 18.7. The number of carbonyl (C=O) groups is 1. The molecule has 30 heavy (non-hydrogen) atoms. The third-order valence-electron chi connectivity index (χ3n) is 6.17. The van der Waals surface area contributed by atoms with Gasteiger partial charge in [-0.3, -0.25) is 4.79 Å². The monoisotopic (exact) mass is 409 g/mol. The van der Waals surface area contributed by atoms with Crippen LogP contribution in [-0.2, 0) is 9.47 Å². The van der Waals surface area contributed by atoms with E-state index in [2.05, 4.69) is 18.7 Å². The lowest BCUT2D eigenvalue weighted by molar-refractivity contribution is -0.0174. The van der Waals surface area contributed by atoms with Crippen molar-refractivity contribution < 1.29 is 14.3 Å². The molecule has 0 spiro atoms. The molecule has 1 saturated heterocycles. The zero-order valence-electron chi connectivity index (χ0n) is 18.7. The first-order valence-corrected chi connectivity index (χ1v) is 11.2. The Morgan fingerprint density at radius 2 is 1.83 bits per heavy atom. The lowest BCUT2D eigenvalue weighted by atomic mass is 9.90. The fourth-order valence-corrected chi connectivity index (χ4v) is 4.25. The number of benzene rings is 2. The molecule has 1 unspecified atom stereocenters. The molecule has 1 fully saturated rings. The average Bonchev–Trinajstić information content (AvgIpc) is 2.80. The van der Waals surface area contributed by atoms with Crippen LogP contribution in [0.15, 0.2) is 54.2 Å². The highest BCUT2D eigenvalue weighted by Gasteiger charge is 2.33. The van der Waals surface area contributed by atoms with Crippen molar-refractivity contribution in [3.63, 3.8) is 0 Å². The molecule has 4 heteroatoms. The van der Waals surface area contributed by atoms with Gasteiger partial charge < -0.3 is 14.4 Å². The number of carbonyl (C=O) groups excluding carboxylic acids is 1. The Hall–Kier alpha value is -2.17. The summed E-state index contributed by atoms with van der Waals surface area (Å²) < 4.78 is 11.6. The van der Waals surface area contributed by atoms with Gasteiger partial charge in [0.1, 0.15) is 5.60 Å². The van der Waals surface area contributed by atoms with E-state index in [1.165, 1.54) is 19.3 Å². The van der Waals surface area contributed by atoms with Crippen LogP contribution in [0.4, 0.5) is 0 Å². The highest BCUT2D eigenvalue weighted by Crippen LogP contribution is 2.32. The summed E-state index contributed by atoms with van der Waals surface area (Å²) in [4.78, 5) is 15.7. The quantitative estimate of drug-likeness (QED) is 0.290. The van der Waals surface area contributed by atoms with Crippen molar-refractivity contribution in [2.24, 2.45) is 0 Å². The van der Waals surface area contributed by atoms with Gasteiger partial charge in [-0.1, -0.05) is 75.1 Å². The molecule has 0 radical (unpaired) electrons. The highest BCUT2D eigenvalue weighted by molar-refractivity contribution is 6.13. The summed E-state index contributed by atoms with van der Waals surface area (Å²) >= 11 is 0. The van der Waals surface area contributed by atoms with Crippen molar-refractivity contribution in [2.75, 3.05) is 33.4 Å². The molecule has 3 rings (SSSR count). The summed E-state index contributed by atoms with van der Waals surface area (Å²) in [6.45, 7) is 7.25. The van der Waals surface area contributed by atoms with E-state index in [0.29, 0.717) is 13.2 Å². The third-order valence-corrected chi connectivity index (χ3v) is 6.17. The van der Waals surface area contributed by atoms with Gasteiger partial charge in [-0.05, 0) is 24.1 Å². The van der Waals surface area contributed by atoms with Gasteiger partial charge in [0, 0.05) is 37.5 Å². The van der Waals surface area contributed by atoms with E-state index >= 15 is 0 Å². The van der Waals surface area contributed by atoms with Gasteiger partial charge in [-0.2, -0.15) is 0 Å². The van der Waals surface area contributed by atoms with Crippen LogP contribution in [0.5, 0.6) is 0 Å². The summed E-state index contributed by atoms with van der Waals surface area (Å²) in [5.74, 6) is 0.0325. The summed E-state index contributed by atoms with van der Waals surface area (Å²) in [5, 5.41) is 2.07. The van der Waals surface area contributed by atoms with Crippen LogP contribution in [0, 0.1) is 0 Å². The first-order valence-electron chi connectivity index (χ1n) is 11.2. The van der Waals surface area contributed by atoms with Crippen molar-refractivity contribution in [3.05, 3.63) is 59.8 Å². The fourth-order valence-electron chi connectivity index (χ4n) is 4.25. The van der Waals surface area contributed by atoms with Crippen molar-refractivity contribution in [2.45, 2.75) is 51.6 Å². The molecule has 0 bridgehead atoms. The molecule has 0 aliphatic carbocycles. The molecular formula is C26H35NO3. The van der Waals surface area contributed by atoms with Crippen LogP contribution >= 0.6 is 0 Å². The second kappa shape index (κ2) is 10.7. The topological polar surface area (TPSA) is 38.8 Å². The molecule has 0 amide bonds. The minimum atomic E-state index is -0.495. The first kappa shape index (κ1) is 22.5. The second-order valence-electron chi connectivity index (χ2n) is 8.27. The SMILES string of the molecule is CCCCCCC(C)(OC)/C(=C/C(=O)c1cccc2ccccc12)N1CCOCC1. The van der Waals surface area contributed by atoms with Crippen LogP contribution < -0.4 is 0 Å². The summed E-state index contributed by atoms with van der Waals surface area (Å²) in [5.41, 5.74) is 1.22. The van der Waals surface area contributed by atoms with Gasteiger partial charge in [0.2, 0.25) is 0 Å². The zero-order chi connectivity index (χ0) is 21.4. The first-order chi connectivity index (χ1) is 14.6. The Kier molecular flexibility index (Phi) is 8.06. The predicted octanol–water partition coefficient (Wildman–Crippen LogP) is 5.61. The Morgan fingerprint density at radius 3 is 2.57 bits per heavy atom. The number of rotatable bonds is 10. The van der Waals surface area contributed by atoms with Crippen molar-refractivity contribution in [1.29, 1.82) is 0 Å². The van der Waals surface area contributed by atoms with Crippen molar-refractivity contribution >= 4 is 16.6 Å². The maximum Gasteiger partial charge on any atom is 0.188 e. The van der Waals surface area contributed by atoms with Crippen LogP contribution in [0.25, 0.3) is 10.8 Å². The minimum absolute atomic E-state index is 0.0325. The molecule has 1 atom stereocenters. The normalized spacial score (nSPS) is 17.2. The number of allylic oxidation sites excluding steroid dienone is 1. The molecule has 0 N–H and O–H groups in total. The molecule has 2 aromatic carbocycles. The predicted molar refractivity (Wildman–Crippen MR) is 123 cm³/mol. The van der Waals surface area contributed by atoms with Crippen LogP contribution in [0.3, 0.4) is 0 Å². The fraction of sp³-hybridized carbons (Fsp3) is 0.500. The lowest BCUT2D eigenvalue weighted by Gasteiger charge is -2.40. The number of methoxy groups -OCH3 is 1. The van der Waals surface area contributed by atoms with Crippen molar-refractivity contribution in [3.8, 4) is 0 Å². The number of hydrogen-bond donors (Lipinski definition) is 0. The van der Waals surface area contributed by atoms with Gasteiger partial charge in [0.05, 0.1) is 13.2 Å². The van der Waals surface area contributed by atoms with Gasteiger partial charge in [-0.15, -0.1) is 0 Å². The summed E-state index contributed by atoms with van der Waals surface area (Å²) in [6.07, 6.45) is 7.41. The minimum Gasteiger partial charge on any atom is -0.378 e. The largest absolute Gasteiger partial charge is 0.378 e. The Labute approximate surface area is 180 Å². The smallest absolute Gasteiger partial charge is 0.188 e.